The van der Waals surface area contributed by atoms with Crippen LogP contribution in [-0.2, 0) is 6.54 Å². The number of nitrogens with one attached hydrogen (secondary N) is 1. The monoisotopic (exact) mass is 328 g/mol. The Balaban J connectivity index is 1.96. The lowest BCUT2D eigenvalue weighted by atomic mass is 10.1. The second-order valence-electron chi connectivity index (χ2n) is 5.67. The van der Waals surface area contributed by atoms with Crippen molar-refractivity contribution < 1.29 is 4.74 Å². The SMILES string of the molecule is CCOc1ccc(NC(=S)N(C)Cc2ccc(C)cc2C)cc1. The Hall–Kier alpha value is -2.07. The molecule has 0 fully saturated rings. The van der Waals surface area contributed by atoms with Crippen LogP contribution in [0.4, 0.5) is 5.69 Å². The molecule has 2 aromatic rings. The zero-order valence-corrected chi connectivity index (χ0v) is 15.0. The Labute approximate surface area is 144 Å². The maximum absolute atomic E-state index is 5.49. The first kappa shape index (κ1) is 17.3. The lowest BCUT2D eigenvalue weighted by molar-refractivity contribution is 0.340. The van der Waals surface area contributed by atoms with Crippen LogP contribution in [0.3, 0.4) is 0 Å². The lowest BCUT2D eigenvalue weighted by Crippen LogP contribution is -2.30. The largest absolute Gasteiger partial charge is 0.494 e. The van der Waals surface area contributed by atoms with Crippen LogP contribution < -0.4 is 10.1 Å². The number of thiocarbonyl (C=S) groups is 1. The quantitative estimate of drug-likeness (QED) is 0.815. The number of rotatable bonds is 5. The summed E-state index contributed by atoms with van der Waals surface area (Å²) < 4.78 is 5.44. The van der Waals surface area contributed by atoms with Crippen molar-refractivity contribution in [2.75, 3.05) is 19.0 Å². The lowest BCUT2D eigenvalue weighted by Gasteiger charge is -2.22. The highest BCUT2D eigenvalue weighted by molar-refractivity contribution is 7.80. The van der Waals surface area contributed by atoms with E-state index in [1.807, 2.05) is 43.1 Å². The fraction of sp³-hybridized carbons (Fsp3) is 0.316. The number of benzene rings is 2. The van der Waals surface area contributed by atoms with Gasteiger partial charge in [-0.05, 0) is 68.4 Å². The minimum atomic E-state index is 0.670. The van der Waals surface area contributed by atoms with Crippen LogP contribution >= 0.6 is 12.2 Å². The molecular weight excluding hydrogens is 304 g/mol. The summed E-state index contributed by atoms with van der Waals surface area (Å²) >= 11 is 5.49. The zero-order chi connectivity index (χ0) is 16.8. The molecule has 0 aliphatic carbocycles. The average molecular weight is 328 g/mol. The summed E-state index contributed by atoms with van der Waals surface area (Å²) in [6.45, 7) is 7.68. The van der Waals surface area contributed by atoms with E-state index in [9.17, 15) is 0 Å². The van der Waals surface area contributed by atoms with Gasteiger partial charge >= 0.3 is 0 Å². The van der Waals surface area contributed by atoms with Gasteiger partial charge in [0, 0.05) is 19.3 Å². The van der Waals surface area contributed by atoms with Crippen molar-refractivity contribution >= 4 is 23.0 Å². The third-order valence-corrected chi connectivity index (χ3v) is 4.08. The number of hydrogen-bond acceptors (Lipinski definition) is 2. The molecule has 0 saturated heterocycles. The normalized spacial score (nSPS) is 10.3. The summed E-state index contributed by atoms with van der Waals surface area (Å²) in [5, 5.41) is 3.97. The van der Waals surface area contributed by atoms with Gasteiger partial charge in [-0.25, -0.2) is 0 Å². The minimum absolute atomic E-state index is 0.670. The molecule has 4 heteroatoms. The second-order valence-corrected chi connectivity index (χ2v) is 6.06. The first-order valence-electron chi connectivity index (χ1n) is 7.80. The van der Waals surface area contributed by atoms with Crippen molar-refractivity contribution in [2.45, 2.75) is 27.3 Å². The summed E-state index contributed by atoms with van der Waals surface area (Å²) in [4.78, 5) is 2.05. The number of nitrogens with zero attached hydrogens (tertiary/aromatic N) is 1. The summed E-state index contributed by atoms with van der Waals surface area (Å²) in [5.41, 5.74) is 4.82. The highest BCUT2D eigenvalue weighted by atomic mass is 32.1. The summed E-state index contributed by atoms with van der Waals surface area (Å²) in [6, 6.07) is 14.3. The first-order chi connectivity index (χ1) is 11.0. The van der Waals surface area contributed by atoms with E-state index in [-0.39, 0.29) is 0 Å². The Morgan fingerprint density at radius 3 is 2.43 bits per heavy atom. The van der Waals surface area contributed by atoms with Crippen molar-refractivity contribution in [3.8, 4) is 5.75 Å². The van der Waals surface area contributed by atoms with Crippen molar-refractivity contribution in [2.24, 2.45) is 0 Å². The van der Waals surface area contributed by atoms with Gasteiger partial charge in [0.15, 0.2) is 5.11 Å². The van der Waals surface area contributed by atoms with E-state index in [1.54, 1.807) is 0 Å². The first-order valence-corrected chi connectivity index (χ1v) is 8.21. The van der Waals surface area contributed by atoms with Crippen molar-refractivity contribution in [3.05, 3.63) is 59.2 Å². The smallest absolute Gasteiger partial charge is 0.173 e. The fourth-order valence-corrected chi connectivity index (χ4v) is 2.55. The molecule has 0 unspecified atom stereocenters. The van der Waals surface area contributed by atoms with E-state index < -0.39 is 0 Å². The van der Waals surface area contributed by atoms with Gasteiger partial charge < -0.3 is 15.0 Å². The predicted molar refractivity (Wildman–Crippen MR) is 101 cm³/mol. The van der Waals surface area contributed by atoms with Gasteiger partial charge in [-0.15, -0.1) is 0 Å². The van der Waals surface area contributed by atoms with Gasteiger partial charge in [0.25, 0.3) is 0 Å². The molecule has 122 valence electrons. The van der Waals surface area contributed by atoms with Crippen molar-refractivity contribution in [1.82, 2.24) is 4.90 Å². The molecule has 0 aromatic heterocycles. The van der Waals surface area contributed by atoms with Crippen LogP contribution in [0.25, 0.3) is 0 Å². The molecule has 0 aliphatic heterocycles. The molecule has 1 N–H and O–H groups in total. The topological polar surface area (TPSA) is 24.5 Å². The van der Waals surface area contributed by atoms with E-state index in [2.05, 4.69) is 37.4 Å². The van der Waals surface area contributed by atoms with Gasteiger partial charge in [0.1, 0.15) is 5.75 Å². The summed E-state index contributed by atoms with van der Waals surface area (Å²) in [6.07, 6.45) is 0. The molecule has 0 bridgehead atoms. The van der Waals surface area contributed by atoms with E-state index in [0.717, 1.165) is 18.0 Å². The Morgan fingerprint density at radius 1 is 1.13 bits per heavy atom. The van der Waals surface area contributed by atoms with Gasteiger partial charge in [0.05, 0.1) is 6.61 Å². The molecule has 0 amide bonds. The molecule has 2 aromatic carbocycles. The molecule has 0 saturated carbocycles. The zero-order valence-electron chi connectivity index (χ0n) is 14.2. The molecule has 23 heavy (non-hydrogen) atoms. The van der Waals surface area contributed by atoms with Gasteiger partial charge in [0.2, 0.25) is 0 Å². The Kier molecular flexibility index (Phi) is 5.99. The average Bonchev–Trinajstić information content (AvgIpc) is 2.52. The fourth-order valence-electron chi connectivity index (χ4n) is 2.37. The highest BCUT2D eigenvalue weighted by Crippen LogP contribution is 2.17. The van der Waals surface area contributed by atoms with Crippen LogP contribution in [-0.4, -0.2) is 23.7 Å². The van der Waals surface area contributed by atoms with Gasteiger partial charge in [-0.2, -0.15) is 0 Å². The molecule has 2 rings (SSSR count). The van der Waals surface area contributed by atoms with Crippen molar-refractivity contribution in [3.63, 3.8) is 0 Å². The number of hydrogen-bond donors (Lipinski definition) is 1. The van der Waals surface area contributed by atoms with Crippen LogP contribution in [0.2, 0.25) is 0 Å². The summed E-state index contributed by atoms with van der Waals surface area (Å²) in [5.74, 6) is 0.868. The highest BCUT2D eigenvalue weighted by Gasteiger charge is 2.08. The molecule has 0 heterocycles. The van der Waals surface area contributed by atoms with Crippen molar-refractivity contribution in [1.29, 1.82) is 0 Å². The van der Waals surface area contributed by atoms with E-state index in [0.29, 0.717) is 11.7 Å². The summed E-state index contributed by atoms with van der Waals surface area (Å²) in [7, 11) is 2.00. The molecule has 0 atom stereocenters. The van der Waals surface area contributed by atoms with Crippen LogP contribution in [0.5, 0.6) is 5.75 Å². The number of anilines is 1. The standard InChI is InChI=1S/C19H24N2OS/c1-5-22-18-10-8-17(9-11-18)20-19(23)21(4)13-16-7-6-14(2)12-15(16)3/h6-12H,5,13H2,1-4H3,(H,20,23). The Morgan fingerprint density at radius 2 is 1.83 bits per heavy atom. The van der Waals surface area contributed by atoms with Gasteiger partial charge in [-0.1, -0.05) is 23.8 Å². The predicted octanol–water partition coefficient (Wildman–Crippen LogP) is 4.53. The second kappa shape index (κ2) is 7.97. The molecule has 0 spiro atoms. The third kappa shape index (κ3) is 4.96. The molecule has 0 radical (unpaired) electrons. The maximum atomic E-state index is 5.49. The van der Waals surface area contributed by atoms with Crippen LogP contribution in [0.1, 0.15) is 23.6 Å². The minimum Gasteiger partial charge on any atom is -0.494 e. The molecule has 3 nitrogen and oxygen atoms in total. The van der Waals surface area contributed by atoms with Crippen LogP contribution in [0.15, 0.2) is 42.5 Å². The Bertz CT molecular complexity index is 668. The maximum Gasteiger partial charge on any atom is 0.173 e. The van der Waals surface area contributed by atoms with E-state index >= 15 is 0 Å². The third-order valence-electron chi connectivity index (χ3n) is 3.67. The molecular formula is C19H24N2OS. The van der Waals surface area contributed by atoms with Crippen LogP contribution in [0, 0.1) is 13.8 Å². The number of aryl methyl sites for hydroxylation is 2. The molecule has 0 aliphatic rings. The number of ether oxygens (including phenoxy) is 1. The van der Waals surface area contributed by atoms with E-state index in [4.69, 9.17) is 17.0 Å². The van der Waals surface area contributed by atoms with Gasteiger partial charge in [-0.3, -0.25) is 0 Å². The van der Waals surface area contributed by atoms with E-state index in [1.165, 1.54) is 16.7 Å².